The number of hydrogen-bond donors (Lipinski definition) is 1. The Bertz CT molecular complexity index is 309. The van der Waals surface area contributed by atoms with E-state index >= 15 is 0 Å². The van der Waals surface area contributed by atoms with Crippen molar-refractivity contribution in [3.63, 3.8) is 0 Å². The van der Waals surface area contributed by atoms with Gasteiger partial charge in [-0.05, 0) is 32.9 Å². The van der Waals surface area contributed by atoms with Gasteiger partial charge in [0.1, 0.15) is 5.15 Å². The smallest absolute Gasteiger partial charge is 0.184 e. The first-order valence-corrected chi connectivity index (χ1v) is 6.60. The molecule has 0 saturated carbocycles. The highest BCUT2D eigenvalue weighted by atomic mass is 35.5. The number of thiazole rings is 1. The highest BCUT2D eigenvalue weighted by Gasteiger charge is 2.14. The summed E-state index contributed by atoms with van der Waals surface area (Å²) in [5, 5.41) is 6.73. The molecule has 2 rings (SSSR count). The molecule has 5 heteroatoms. The second-order valence-electron chi connectivity index (χ2n) is 4.03. The minimum absolute atomic E-state index is 0.435. The third-order valence-electron chi connectivity index (χ3n) is 2.58. The van der Waals surface area contributed by atoms with Gasteiger partial charge in [0.25, 0.3) is 0 Å². The normalized spacial score (nSPS) is 19.3. The van der Waals surface area contributed by atoms with Crippen LogP contribution in [0.5, 0.6) is 0 Å². The average molecular weight is 246 g/mol. The molecular weight excluding hydrogens is 230 g/mol. The summed E-state index contributed by atoms with van der Waals surface area (Å²) in [4.78, 5) is 6.67. The molecular formula is C10H16ClN3S. The maximum atomic E-state index is 5.76. The molecule has 84 valence electrons. The van der Waals surface area contributed by atoms with E-state index in [1.54, 1.807) is 11.3 Å². The molecule has 0 aromatic carbocycles. The molecule has 1 atom stereocenters. The van der Waals surface area contributed by atoms with E-state index in [1.807, 2.05) is 5.38 Å². The molecule has 2 heterocycles. The van der Waals surface area contributed by atoms with Gasteiger partial charge < -0.3 is 10.2 Å². The van der Waals surface area contributed by atoms with Gasteiger partial charge in [0.2, 0.25) is 0 Å². The Morgan fingerprint density at radius 1 is 1.60 bits per heavy atom. The molecule has 3 nitrogen and oxygen atoms in total. The predicted octanol–water partition coefficient (Wildman–Crippen LogP) is 2.69. The van der Waals surface area contributed by atoms with Crippen molar-refractivity contribution in [3.05, 3.63) is 10.5 Å². The van der Waals surface area contributed by atoms with Crippen LogP contribution in [0.1, 0.15) is 19.8 Å². The minimum atomic E-state index is 0.435. The van der Waals surface area contributed by atoms with Crippen LogP contribution in [0.25, 0.3) is 0 Å². The summed E-state index contributed by atoms with van der Waals surface area (Å²) in [7, 11) is 0. The van der Waals surface area contributed by atoms with Crippen molar-refractivity contribution in [2.75, 3.05) is 25.0 Å². The van der Waals surface area contributed by atoms with Crippen molar-refractivity contribution in [2.45, 2.75) is 25.8 Å². The Balaban J connectivity index is 1.78. The molecule has 0 aliphatic carbocycles. The standard InChI is InChI=1S/C10H16ClN3S/c1-8(6-14-4-2-3-5-14)12-10-13-9(11)7-15-10/h7-8H,2-6H2,1H3,(H,12,13). The van der Waals surface area contributed by atoms with Gasteiger partial charge in [-0.25, -0.2) is 4.98 Å². The Labute approximate surface area is 99.5 Å². The van der Waals surface area contributed by atoms with Gasteiger partial charge in [-0.2, -0.15) is 0 Å². The number of halogens is 1. The fourth-order valence-corrected chi connectivity index (χ4v) is 2.88. The lowest BCUT2D eigenvalue weighted by molar-refractivity contribution is 0.328. The monoisotopic (exact) mass is 245 g/mol. The molecule has 1 fully saturated rings. The number of nitrogens with zero attached hydrogens (tertiary/aromatic N) is 2. The molecule has 1 aromatic heterocycles. The second kappa shape index (κ2) is 5.14. The van der Waals surface area contributed by atoms with E-state index in [0.717, 1.165) is 11.7 Å². The van der Waals surface area contributed by atoms with E-state index in [1.165, 1.54) is 25.9 Å². The van der Waals surface area contributed by atoms with Crippen molar-refractivity contribution in [2.24, 2.45) is 0 Å². The van der Waals surface area contributed by atoms with Crippen LogP contribution in [-0.4, -0.2) is 35.6 Å². The Morgan fingerprint density at radius 3 is 2.93 bits per heavy atom. The van der Waals surface area contributed by atoms with E-state index in [2.05, 4.69) is 22.1 Å². The maximum Gasteiger partial charge on any atom is 0.184 e. The molecule has 0 bridgehead atoms. The molecule has 1 saturated heterocycles. The number of aromatic nitrogens is 1. The van der Waals surface area contributed by atoms with Gasteiger partial charge in [0.05, 0.1) is 0 Å². The molecule has 15 heavy (non-hydrogen) atoms. The van der Waals surface area contributed by atoms with Crippen LogP contribution in [0.2, 0.25) is 5.15 Å². The van der Waals surface area contributed by atoms with Crippen LogP contribution >= 0.6 is 22.9 Å². The molecule has 0 radical (unpaired) electrons. The molecule has 1 aliphatic heterocycles. The van der Waals surface area contributed by atoms with E-state index in [4.69, 9.17) is 11.6 Å². The lowest BCUT2D eigenvalue weighted by Gasteiger charge is -2.20. The average Bonchev–Trinajstić information content (AvgIpc) is 2.77. The van der Waals surface area contributed by atoms with Gasteiger partial charge in [0, 0.05) is 18.0 Å². The van der Waals surface area contributed by atoms with E-state index in [-0.39, 0.29) is 0 Å². The van der Waals surface area contributed by atoms with Crippen LogP contribution in [0.15, 0.2) is 5.38 Å². The van der Waals surface area contributed by atoms with Gasteiger partial charge in [0.15, 0.2) is 5.13 Å². The first kappa shape index (κ1) is 11.2. The highest BCUT2D eigenvalue weighted by Crippen LogP contribution is 2.20. The SMILES string of the molecule is CC(CN1CCCC1)Nc1nc(Cl)cs1. The van der Waals surface area contributed by atoms with Crippen LogP contribution in [-0.2, 0) is 0 Å². The summed E-state index contributed by atoms with van der Waals surface area (Å²) >= 11 is 7.33. The lowest BCUT2D eigenvalue weighted by atomic mass is 10.3. The molecule has 0 amide bonds. The summed E-state index contributed by atoms with van der Waals surface area (Å²) in [5.74, 6) is 0. The zero-order valence-electron chi connectivity index (χ0n) is 8.87. The summed E-state index contributed by atoms with van der Waals surface area (Å²) in [6.07, 6.45) is 2.69. The Hall–Kier alpha value is -0.320. The third-order valence-corrected chi connectivity index (χ3v) is 3.67. The quantitative estimate of drug-likeness (QED) is 0.884. The lowest BCUT2D eigenvalue weighted by Crippen LogP contribution is -2.32. The highest BCUT2D eigenvalue weighted by molar-refractivity contribution is 7.14. The summed E-state index contributed by atoms with van der Waals surface area (Å²) in [6.45, 7) is 5.76. The zero-order valence-corrected chi connectivity index (χ0v) is 10.4. The first-order valence-electron chi connectivity index (χ1n) is 5.34. The molecule has 1 aliphatic rings. The molecule has 1 aromatic rings. The molecule has 1 unspecified atom stereocenters. The second-order valence-corrected chi connectivity index (χ2v) is 5.27. The van der Waals surface area contributed by atoms with Gasteiger partial charge in [-0.15, -0.1) is 11.3 Å². The van der Waals surface area contributed by atoms with Crippen LogP contribution in [0, 0.1) is 0 Å². The van der Waals surface area contributed by atoms with E-state index in [0.29, 0.717) is 11.2 Å². The Kier molecular flexibility index (Phi) is 3.83. The van der Waals surface area contributed by atoms with Crippen molar-refractivity contribution in [1.29, 1.82) is 0 Å². The maximum absolute atomic E-state index is 5.76. The van der Waals surface area contributed by atoms with Crippen LogP contribution in [0.3, 0.4) is 0 Å². The topological polar surface area (TPSA) is 28.2 Å². The van der Waals surface area contributed by atoms with Gasteiger partial charge >= 0.3 is 0 Å². The summed E-state index contributed by atoms with van der Waals surface area (Å²) < 4.78 is 0. The number of rotatable bonds is 4. The third kappa shape index (κ3) is 3.33. The van der Waals surface area contributed by atoms with Crippen molar-refractivity contribution < 1.29 is 0 Å². The Morgan fingerprint density at radius 2 is 2.33 bits per heavy atom. The number of hydrogen-bond acceptors (Lipinski definition) is 4. The predicted molar refractivity (Wildman–Crippen MR) is 65.9 cm³/mol. The summed E-state index contributed by atoms with van der Waals surface area (Å²) in [5.41, 5.74) is 0. The molecule has 0 spiro atoms. The fourth-order valence-electron chi connectivity index (χ4n) is 1.93. The summed E-state index contributed by atoms with van der Waals surface area (Å²) in [6, 6.07) is 0.435. The minimum Gasteiger partial charge on any atom is -0.358 e. The van der Waals surface area contributed by atoms with Crippen LogP contribution in [0.4, 0.5) is 5.13 Å². The number of likely N-dealkylation sites (tertiary alicyclic amines) is 1. The van der Waals surface area contributed by atoms with Crippen molar-refractivity contribution in [1.82, 2.24) is 9.88 Å². The first-order chi connectivity index (χ1) is 7.24. The van der Waals surface area contributed by atoms with E-state index in [9.17, 15) is 0 Å². The van der Waals surface area contributed by atoms with Gasteiger partial charge in [-0.1, -0.05) is 11.6 Å². The fraction of sp³-hybridized carbons (Fsp3) is 0.700. The van der Waals surface area contributed by atoms with Crippen molar-refractivity contribution >= 4 is 28.1 Å². The largest absolute Gasteiger partial charge is 0.358 e. The zero-order chi connectivity index (χ0) is 10.7. The number of nitrogens with one attached hydrogen (secondary N) is 1. The van der Waals surface area contributed by atoms with Crippen molar-refractivity contribution in [3.8, 4) is 0 Å². The number of anilines is 1. The van der Waals surface area contributed by atoms with E-state index < -0.39 is 0 Å². The molecule has 1 N–H and O–H groups in total. The van der Waals surface area contributed by atoms with Gasteiger partial charge in [-0.3, -0.25) is 0 Å². The van der Waals surface area contributed by atoms with Crippen LogP contribution < -0.4 is 5.32 Å².